The van der Waals surface area contributed by atoms with Gasteiger partial charge in [0.1, 0.15) is 5.75 Å². The van der Waals surface area contributed by atoms with Crippen molar-refractivity contribution in [2.75, 3.05) is 0 Å². The zero-order chi connectivity index (χ0) is 9.80. The van der Waals surface area contributed by atoms with Crippen molar-refractivity contribution in [3.8, 4) is 11.4 Å². The van der Waals surface area contributed by atoms with Crippen molar-refractivity contribution in [1.82, 2.24) is 15.4 Å². The normalized spacial score (nSPS) is 10.1. The Hall–Kier alpha value is -1.85. The molecular formula is C9H9N3O2. The minimum Gasteiger partial charge on any atom is -0.384 e. The lowest BCUT2D eigenvalue weighted by atomic mass is 10.3. The molecule has 0 unspecified atom stereocenters. The van der Waals surface area contributed by atoms with E-state index < -0.39 is 0 Å². The fourth-order valence-corrected chi connectivity index (χ4v) is 1.14. The largest absolute Gasteiger partial charge is 0.384 e. The van der Waals surface area contributed by atoms with E-state index in [2.05, 4.69) is 9.94 Å². The molecule has 1 aromatic carbocycles. The first-order chi connectivity index (χ1) is 6.90. The lowest BCUT2D eigenvalue weighted by Crippen LogP contribution is -2.11. The smallest absolute Gasteiger partial charge is 0.150 e. The maximum atomic E-state index is 8.28. The highest BCUT2D eigenvalue weighted by atomic mass is 16.8. The van der Waals surface area contributed by atoms with Gasteiger partial charge in [-0.25, -0.2) is 4.68 Å². The van der Waals surface area contributed by atoms with Crippen LogP contribution in [-0.2, 0) is 0 Å². The Morgan fingerprint density at radius 1 is 1.29 bits per heavy atom. The third-order valence-electron chi connectivity index (χ3n) is 1.77. The molecule has 14 heavy (non-hydrogen) atoms. The van der Waals surface area contributed by atoms with Crippen LogP contribution < -0.4 is 10.5 Å². The molecule has 2 rings (SSSR count). The summed E-state index contributed by atoms with van der Waals surface area (Å²) in [6, 6.07) is 8.96. The number of rotatable bonds is 3. The molecule has 2 aromatic rings. The van der Waals surface area contributed by atoms with Crippen molar-refractivity contribution in [1.29, 1.82) is 0 Å². The van der Waals surface area contributed by atoms with Gasteiger partial charge >= 0.3 is 0 Å². The summed E-state index contributed by atoms with van der Waals surface area (Å²) in [6.45, 7) is 0. The molecule has 0 atom stereocenters. The summed E-state index contributed by atoms with van der Waals surface area (Å²) >= 11 is 0. The number of nitrogens with zero attached hydrogens (tertiary/aromatic N) is 2. The number of benzene rings is 1. The molecular weight excluding hydrogens is 182 g/mol. The molecule has 0 amide bonds. The van der Waals surface area contributed by atoms with Crippen LogP contribution >= 0.6 is 0 Å². The van der Waals surface area contributed by atoms with Crippen molar-refractivity contribution in [3.05, 3.63) is 42.7 Å². The maximum absolute atomic E-state index is 8.28. The highest BCUT2D eigenvalue weighted by Gasteiger charge is 1.96. The van der Waals surface area contributed by atoms with E-state index in [1.165, 1.54) is 0 Å². The van der Waals surface area contributed by atoms with Crippen LogP contribution in [0, 0.1) is 0 Å². The second-order valence-electron chi connectivity index (χ2n) is 2.64. The summed E-state index contributed by atoms with van der Waals surface area (Å²) < 4.78 is 1.73. The summed E-state index contributed by atoms with van der Waals surface area (Å²) in [6.07, 6.45) is 3.56. The van der Waals surface area contributed by atoms with Crippen molar-refractivity contribution in [2.45, 2.75) is 0 Å². The van der Waals surface area contributed by atoms with Gasteiger partial charge < -0.3 is 4.84 Å². The molecule has 5 nitrogen and oxygen atoms in total. The molecule has 5 heteroatoms. The summed E-state index contributed by atoms with van der Waals surface area (Å²) in [5.41, 5.74) is 2.55. The first-order valence-corrected chi connectivity index (χ1v) is 4.06. The lowest BCUT2D eigenvalue weighted by molar-refractivity contribution is -0.0435. The second kappa shape index (κ2) is 3.91. The van der Waals surface area contributed by atoms with Crippen LogP contribution in [-0.4, -0.2) is 15.0 Å². The van der Waals surface area contributed by atoms with Crippen LogP contribution in [0.5, 0.6) is 5.75 Å². The Labute approximate surface area is 80.5 Å². The number of hydrogen-bond donors (Lipinski definition) is 2. The Balaban J connectivity index is 2.22. The van der Waals surface area contributed by atoms with E-state index in [1.807, 2.05) is 24.4 Å². The zero-order valence-electron chi connectivity index (χ0n) is 7.29. The molecule has 0 saturated carbocycles. The topological polar surface area (TPSA) is 59.3 Å². The van der Waals surface area contributed by atoms with E-state index in [9.17, 15) is 0 Å². The Morgan fingerprint density at radius 2 is 2.07 bits per heavy atom. The van der Waals surface area contributed by atoms with Gasteiger partial charge in [-0.1, -0.05) is 0 Å². The molecule has 0 spiro atoms. The fourth-order valence-electron chi connectivity index (χ4n) is 1.14. The average Bonchev–Trinajstić information content (AvgIpc) is 2.72. The Morgan fingerprint density at radius 3 is 2.64 bits per heavy atom. The molecule has 1 aromatic heterocycles. The summed E-state index contributed by atoms with van der Waals surface area (Å²) in [5, 5.41) is 12.4. The molecule has 0 aliphatic rings. The molecule has 0 fully saturated rings. The molecule has 0 aliphatic heterocycles. The monoisotopic (exact) mass is 191 g/mol. The minimum atomic E-state index is 0.531. The van der Waals surface area contributed by atoms with E-state index >= 15 is 0 Å². The summed E-state index contributed by atoms with van der Waals surface area (Å²) in [4.78, 5) is 4.65. The molecule has 0 bridgehead atoms. The van der Waals surface area contributed by atoms with Crippen molar-refractivity contribution >= 4 is 0 Å². The van der Waals surface area contributed by atoms with Gasteiger partial charge in [0, 0.05) is 12.4 Å². The van der Waals surface area contributed by atoms with Gasteiger partial charge in [0.15, 0.2) is 0 Å². The first-order valence-electron chi connectivity index (χ1n) is 4.06. The fraction of sp³-hybridized carbons (Fsp3) is 0. The van der Waals surface area contributed by atoms with E-state index in [0.717, 1.165) is 5.69 Å². The number of nitrogens with one attached hydrogen (secondary N) is 1. The summed E-state index contributed by atoms with van der Waals surface area (Å²) in [5.74, 6) is 0.531. The van der Waals surface area contributed by atoms with Crippen LogP contribution in [0.3, 0.4) is 0 Å². The van der Waals surface area contributed by atoms with Gasteiger partial charge in [-0.2, -0.15) is 5.10 Å². The van der Waals surface area contributed by atoms with E-state index in [-0.39, 0.29) is 0 Å². The van der Waals surface area contributed by atoms with Gasteiger partial charge in [0.05, 0.1) is 5.69 Å². The van der Waals surface area contributed by atoms with Gasteiger partial charge in [-0.15, -0.1) is 0 Å². The zero-order valence-corrected chi connectivity index (χ0v) is 7.29. The van der Waals surface area contributed by atoms with Crippen LogP contribution in [0.1, 0.15) is 0 Å². The highest BCUT2D eigenvalue weighted by molar-refractivity contribution is 5.36. The minimum absolute atomic E-state index is 0.531. The average molecular weight is 191 g/mol. The standard InChI is InChI=1S/C9H9N3O2/c13-11-14-9-4-2-8(3-5-9)12-7-1-6-10-12/h1-7,11,13H. The van der Waals surface area contributed by atoms with Crippen LogP contribution in [0.2, 0.25) is 0 Å². The quantitative estimate of drug-likeness (QED) is 0.714. The Kier molecular flexibility index (Phi) is 2.44. The van der Waals surface area contributed by atoms with Crippen LogP contribution in [0.25, 0.3) is 5.69 Å². The third kappa shape index (κ3) is 1.73. The molecule has 72 valence electrons. The van der Waals surface area contributed by atoms with Gasteiger partial charge in [0.2, 0.25) is 0 Å². The maximum Gasteiger partial charge on any atom is 0.150 e. The van der Waals surface area contributed by atoms with Gasteiger partial charge in [0.25, 0.3) is 0 Å². The van der Waals surface area contributed by atoms with Gasteiger partial charge in [-0.05, 0) is 36.0 Å². The van der Waals surface area contributed by atoms with Crippen LogP contribution in [0.15, 0.2) is 42.7 Å². The molecule has 0 saturated heterocycles. The molecule has 1 heterocycles. The highest BCUT2D eigenvalue weighted by Crippen LogP contribution is 2.13. The molecule has 2 N–H and O–H groups in total. The van der Waals surface area contributed by atoms with E-state index in [0.29, 0.717) is 5.75 Å². The van der Waals surface area contributed by atoms with Crippen molar-refractivity contribution in [2.24, 2.45) is 0 Å². The lowest BCUT2D eigenvalue weighted by Gasteiger charge is -2.03. The Bertz CT molecular complexity index is 383. The predicted octanol–water partition coefficient (Wildman–Crippen LogP) is 1.14. The van der Waals surface area contributed by atoms with E-state index in [1.54, 1.807) is 28.7 Å². The van der Waals surface area contributed by atoms with E-state index in [4.69, 9.17) is 5.21 Å². The van der Waals surface area contributed by atoms with Crippen LogP contribution in [0.4, 0.5) is 0 Å². The van der Waals surface area contributed by atoms with Gasteiger partial charge in [-0.3, -0.25) is 5.21 Å². The first kappa shape index (κ1) is 8.74. The second-order valence-corrected chi connectivity index (χ2v) is 2.64. The van der Waals surface area contributed by atoms with Crippen molar-refractivity contribution in [3.63, 3.8) is 0 Å². The molecule has 0 aliphatic carbocycles. The SMILES string of the molecule is ONOc1ccc(-n2cccn2)cc1. The predicted molar refractivity (Wildman–Crippen MR) is 49.1 cm³/mol. The molecule has 0 radical (unpaired) electrons. The van der Waals surface area contributed by atoms with Crippen molar-refractivity contribution < 1.29 is 10.0 Å². The third-order valence-corrected chi connectivity index (χ3v) is 1.77. The number of hydrogen-bond acceptors (Lipinski definition) is 4. The summed E-state index contributed by atoms with van der Waals surface area (Å²) in [7, 11) is 0. The number of aromatic nitrogens is 2.